The first-order valence-electron chi connectivity index (χ1n) is 9.45. The number of carbonyl (C=O) groups excluding carboxylic acids is 2. The van der Waals surface area contributed by atoms with E-state index in [9.17, 15) is 9.59 Å². The zero-order valence-corrected chi connectivity index (χ0v) is 16.3. The lowest BCUT2D eigenvalue weighted by atomic mass is 10.0. The van der Waals surface area contributed by atoms with E-state index in [1.54, 1.807) is 30.1 Å². The first kappa shape index (κ1) is 18.2. The molecule has 3 aromatic rings. The van der Waals surface area contributed by atoms with Crippen molar-refractivity contribution in [1.82, 2.24) is 19.7 Å². The van der Waals surface area contributed by atoms with Crippen molar-refractivity contribution in [2.24, 2.45) is 7.05 Å². The molecule has 28 heavy (non-hydrogen) atoms. The molecule has 4 rings (SSSR count). The van der Waals surface area contributed by atoms with Crippen LogP contribution < -0.4 is 5.32 Å². The van der Waals surface area contributed by atoms with Gasteiger partial charge < -0.3 is 10.2 Å². The van der Waals surface area contributed by atoms with Crippen LogP contribution in [0.3, 0.4) is 0 Å². The lowest BCUT2D eigenvalue weighted by Gasteiger charge is -2.20. The van der Waals surface area contributed by atoms with E-state index in [4.69, 9.17) is 0 Å². The Hall–Kier alpha value is -3.22. The normalized spacial score (nSPS) is 13.9. The fraction of sp³-hybridized carbons (Fsp3) is 0.333. The molecular weight excluding hydrogens is 354 g/mol. The molecule has 7 heteroatoms. The van der Waals surface area contributed by atoms with Gasteiger partial charge in [-0.3, -0.25) is 14.3 Å². The maximum Gasteiger partial charge on any atom is 0.256 e. The van der Waals surface area contributed by atoms with Crippen molar-refractivity contribution in [2.75, 3.05) is 18.4 Å². The van der Waals surface area contributed by atoms with Crippen molar-refractivity contribution in [3.05, 3.63) is 52.8 Å². The lowest BCUT2D eigenvalue weighted by Crippen LogP contribution is -2.29. The first-order valence-corrected chi connectivity index (χ1v) is 9.45. The van der Waals surface area contributed by atoms with Gasteiger partial charge in [0, 0.05) is 25.8 Å². The molecule has 3 heterocycles. The summed E-state index contributed by atoms with van der Waals surface area (Å²) in [6.07, 6.45) is 3.69. The predicted molar refractivity (Wildman–Crippen MR) is 108 cm³/mol. The standard InChI is InChI=1S/C21H23N5O2/c1-13-7-6-8-17(18(13)21(28)26-9-4-5-10-26)24-20(27)15-11-14(2)23-19-16(15)12-22-25(19)3/h6-8,11-12H,4-5,9-10H2,1-3H3,(H,24,27). The van der Waals surface area contributed by atoms with Crippen LogP contribution >= 0.6 is 0 Å². The molecule has 1 N–H and O–H groups in total. The smallest absolute Gasteiger partial charge is 0.256 e. The number of benzene rings is 1. The number of nitrogens with zero attached hydrogens (tertiary/aromatic N) is 4. The number of nitrogens with one attached hydrogen (secondary N) is 1. The van der Waals surface area contributed by atoms with E-state index >= 15 is 0 Å². The van der Waals surface area contributed by atoms with Crippen LogP contribution in [0.5, 0.6) is 0 Å². The number of rotatable bonds is 3. The van der Waals surface area contributed by atoms with Gasteiger partial charge in [-0.1, -0.05) is 12.1 Å². The number of carbonyl (C=O) groups is 2. The van der Waals surface area contributed by atoms with E-state index in [-0.39, 0.29) is 11.8 Å². The number of hydrogen-bond acceptors (Lipinski definition) is 4. The van der Waals surface area contributed by atoms with Gasteiger partial charge >= 0.3 is 0 Å². The molecule has 1 aromatic carbocycles. The summed E-state index contributed by atoms with van der Waals surface area (Å²) in [4.78, 5) is 32.4. The van der Waals surface area contributed by atoms with Crippen molar-refractivity contribution < 1.29 is 9.59 Å². The first-order chi connectivity index (χ1) is 13.5. The van der Waals surface area contributed by atoms with Crippen LogP contribution in [0.25, 0.3) is 11.0 Å². The number of likely N-dealkylation sites (tertiary alicyclic amines) is 1. The van der Waals surface area contributed by atoms with Crippen LogP contribution in [0.2, 0.25) is 0 Å². The molecule has 0 unspecified atom stereocenters. The number of fused-ring (bicyclic) bond motifs is 1. The number of aryl methyl sites for hydroxylation is 3. The van der Waals surface area contributed by atoms with Gasteiger partial charge in [0.05, 0.1) is 28.4 Å². The zero-order valence-electron chi connectivity index (χ0n) is 16.3. The quantitative estimate of drug-likeness (QED) is 0.761. The van der Waals surface area contributed by atoms with Crippen molar-refractivity contribution in [1.29, 1.82) is 0 Å². The summed E-state index contributed by atoms with van der Waals surface area (Å²) in [5, 5.41) is 7.85. The molecule has 1 saturated heterocycles. The molecule has 0 saturated carbocycles. The van der Waals surface area contributed by atoms with Crippen LogP contribution in [0.1, 0.15) is 44.8 Å². The fourth-order valence-electron chi connectivity index (χ4n) is 3.75. The predicted octanol–water partition coefficient (Wildman–Crippen LogP) is 3.07. The Balaban J connectivity index is 1.71. The van der Waals surface area contributed by atoms with E-state index in [0.717, 1.165) is 37.2 Å². The second-order valence-electron chi connectivity index (χ2n) is 7.27. The molecule has 0 aliphatic carbocycles. The monoisotopic (exact) mass is 377 g/mol. The largest absolute Gasteiger partial charge is 0.339 e. The Morgan fingerprint density at radius 1 is 1.14 bits per heavy atom. The second-order valence-corrected chi connectivity index (χ2v) is 7.27. The number of amides is 2. The highest BCUT2D eigenvalue weighted by Crippen LogP contribution is 2.25. The molecule has 7 nitrogen and oxygen atoms in total. The SMILES string of the molecule is Cc1cc(C(=O)Nc2cccc(C)c2C(=O)N2CCCC2)c2cnn(C)c2n1. The van der Waals surface area contributed by atoms with E-state index in [1.165, 1.54) is 0 Å². The summed E-state index contributed by atoms with van der Waals surface area (Å²) in [6.45, 7) is 5.27. The highest BCUT2D eigenvalue weighted by atomic mass is 16.2. The van der Waals surface area contributed by atoms with Crippen LogP contribution in [0, 0.1) is 13.8 Å². The molecule has 144 valence electrons. The summed E-state index contributed by atoms with van der Waals surface area (Å²) in [6, 6.07) is 7.28. The van der Waals surface area contributed by atoms with Gasteiger partial charge in [-0.25, -0.2) is 4.98 Å². The minimum Gasteiger partial charge on any atom is -0.339 e. The van der Waals surface area contributed by atoms with E-state index in [2.05, 4.69) is 15.4 Å². The highest BCUT2D eigenvalue weighted by molar-refractivity contribution is 6.14. The topological polar surface area (TPSA) is 80.1 Å². The van der Waals surface area contributed by atoms with Crippen molar-refractivity contribution in [3.63, 3.8) is 0 Å². The number of aromatic nitrogens is 3. The third kappa shape index (κ3) is 3.13. The number of hydrogen-bond donors (Lipinski definition) is 1. The molecule has 0 bridgehead atoms. The van der Waals surface area contributed by atoms with Crippen molar-refractivity contribution in [2.45, 2.75) is 26.7 Å². The molecular formula is C21H23N5O2. The average molecular weight is 377 g/mol. The molecule has 1 fully saturated rings. The summed E-state index contributed by atoms with van der Waals surface area (Å²) < 4.78 is 1.65. The summed E-state index contributed by atoms with van der Waals surface area (Å²) >= 11 is 0. The van der Waals surface area contributed by atoms with Crippen LogP contribution in [-0.4, -0.2) is 44.6 Å². The maximum absolute atomic E-state index is 13.1. The molecule has 2 amide bonds. The van der Waals surface area contributed by atoms with E-state index in [0.29, 0.717) is 27.8 Å². The Kier molecular flexibility index (Phi) is 4.58. The number of anilines is 1. The molecule has 0 atom stereocenters. The summed E-state index contributed by atoms with van der Waals surface area (Å²) in [5.41, 5.74) is 3.84. The van der Waals surface area contributed by atoms with Gasteiger partial charge in [-0.15, -0.1) is 0 Å². The van der Waals surface area contributed by atoms with Gasteiger partial charge in [0.25, 0.3) is 11.8 Å². The van der Waals surface area contributed by atoms with Crippen molar-refractivity contribution >= 4 is 28.5 Å². The van der Waals surface area contributed by atoms with Crippen LogP contribution in [-0.2, 0) is 7.05 Å². The number of pyridine rings is 1. The Morgan fingerprint density at radius 2 is 1.89 bits per heavy atom. The maximum atomic E-state index is 13.1. The Labute approximate surface area is 163 Å². The summed E-state index contributed by atoms with van der Waals surface area (Å²) in [5.74, 6) is -0.298. The third-order valence-electron chi connectivity index (χ3n) is 5.21. The lowest BCUT2D eigenvalue weighted by molar-refractivity contribution is 0.0793. The molecule has 0 radical (unpaired) electrons. The van der Waals surface area contributed by atoms with Gasteiger partial charge in [0.2, 0.25) is 0 Å². The van der Waals surface area contributed by atoms with Crippen LogP contribution in [0.4, 0.5) is 5.69 Å². The van der Waals surface area contributed by atoms with E-state index < -0.39 is 0 Å². The van der Waals surface area contributed by atoms with Crippen LogP contribution in [0.15, 0.2) is 30.5 Å². The fourth-order valence-corrected chi connectivity index (χ4v) is 3.75. The van der Waals surface area contributed by atoms with E-state index in [1.807, 2.05) is 30.9 Å². The third-order valence-corrected chi connectivity index (χ3v) is 5.21. The molecule has 0 spiro atoms. The highest BCUT2D eigenvalue weighted by Gasteiger charge is 2.25. The molecule has 1 aliphatic rings. The second kappa shape index (κ2) is 7.07. The Morgan fingerprint density at radius 3 is 2.64 bits per heavy atom. The zero-order chi connectivity index (χ0) is 19.8. The summed E-state index contributed by atoms with van der Waals surface area (Å²) in [7, 11) is 1.80. The van der Waals surface area contributed by atoms with Gasteiger partial charge in [0.15, 0.2) is 5.65 Å². The van der Waals surface area contributed by atoms with Gasteiger partial charge in [-0.2, -0.15) is 5.10 Å². The molecule has 1 aliphatic heterocycles. The van der Waals surface area contributed by atoms with Gasteiger partial charge in [-0.05, 0) is 44.4 Å². The van der Waals surface area contributed by atoms with Gasteiger partial charge in [0.1, 0.15) is 0 Å². The minimum atomic E-state index is -0.274. The molecule has 2 aromatic heterocycles. The van der Waals surface area contributed by atoms with Crippen molar-refractivity contribution in [3.8, 4) is 0 Å². The average Bonchev–Trinajstić information content (AvgIpc) is 3.32. The minimum absolute atomic E-state index is 0.0247. The Bertz CT molecular complexity index is 1080.